The number of alkyl carbamates (subject to hydrolysis) is 1. The summed E-state index contributed by atoms with van der Waals surface area (Å²) in [6.45, 7) is 10.0. The smallest absolute Gasteiger partial charge is 0.407 e. The largest absolute Gasteiger partial charge is 0.454 e. The van der Waals surface area contributed by atoms with Gasteiger partial charge in [0.15, 0.2) is 0 Å². The lowest BCUT2D eigenvalue weighted by atomic mass is 10.2. The van der Waals surface area contributed by atoms with Crippen molar-refractivity contribution in [1.82, 2.24) is 20.4 Å². The van der Waals surface area contributed by atoms with Crippen molar-refractivity contribution in [2.45, 2.75) is 45.8 Å². The molecule has 0 aliphatic carbocycles. The lowest BCUT2D eigenvalue weighted by Gasteiger charge is -2.22. The number of nitrogens with zero attached hydrogens (tertiary/aromatic N) is 2. The van der Waals surface area contributed by atoms with Crippen molar-refractivity contribution in [3.05, 3.63) is 35.9 Å². The average molecular weight is 465 g/mol. The van der Waals surface area contributed by atoms with E-state index in [0.717, 1.165) is 44.6 Å². The van der Waals surface area contributed by atoms with E-state index in [1.807, 2.05) is 65.2 Å². The van der Waals surface area contributed by atoms with Gasteiger partial charge in [-0.3, -0.25) is 4.79 Å². The van der Waals surface area contributed by atoms with Crippen LogP contribution in [0, 0.1) is 0 Å². The highest BCUT2D eigenvalue weighted by atomic mass is 16.6. The molecule has 2 amide bonds. The number of carbonyl (C=O) groups excluding carboxylic acids is 3. The molecule has 0 fully saturated rings. The normalized spacial score (nSPS) is 11.4. The van der Waals surface area contributed by atoms with E-state index in [1.54, 1.807) is 0 Å². The summed E-state index contributed by atoms with van der Waals surface area (Å²) in [5, 5.41) is 5.36. The molecule has 0 aliphatic heterocycles. The summed E-state index contributed by atoms with van der Waals surface area (Å²) in [6.07, 6.45) is 1.19. The van der Waals surface area contributed by atoms with Crippen molar-refractivity contribution in [2.75, 3.05) is 53.4 Å². The number of ether oxygens (including phenoxy) is 2. The second-order valence-corrected chi connectivity index (χ2v) is 9.06. The first-order valence-electron chi connectivity index (χ1n) is 11.4. The Labute approximate surface area is 197 Å². The van der Waals surface area contributed by atoms with E-state index >= 15 is 0 Å². The molecule has 9 heteroatoms. The van der Waals surface area contributed by atoms with Gasteiger partial charge in [-0.15, -0.1) is 0 Å². The molecule has 0 spiro atoms. The molecule has 186 valence electrons. The van der Waals surface area contributed by atoms with E-state index in [4.69, 9.17) is 9.47 Å². The van der Waals surface area contributed by atoms with Crippen LogP contribution in [0.5, 0.6) is 0 Å². The Bertz CT molecular complexity index is 721. The summed E-state index contributed by atoms with van der Waals surface area (Å²) < 4.78 is 10.2. The summed E-state index contributed by atoms with van der Waals surface area (Å²) in [4.78, 5) is 39.6. The zero-order valence-corrected chi connectivity index (χ0v) is 20.7. The molecule has 1 rings (SSSR count). The second-order valence-electron chi connectivity index (χ2n) is 9.06. The number of benzene rings is 1. The molecule has 33 heavy (non-hydrogen) atoms. The van der Waals surface area contributed by atoms with Gasteiger partial charge < -0.3 is 29.9 Å². The van der Waals surface area contributed by atoms with Crippen LogP contribution in [0.25, 0.3) is 0 Å². The third-order valence-electron chi connectivity index (χ3n) is 4.65. The van der Waals surface area contributed by atoms with Gasteiger partial charge in [0.25, 0.3) is 0 Å². The molecule has 0 atom stereocenters. The zero-order chi connectivity index (χ0) is 24.7. The van der Waals surface area contributed by atoms with E-state index in [0.29, 0.717) is 13.1 Å². The average Bonchev–Trinajstić information content (AvgIpc) is 2.75. The molecule has 1 aromatic carbocycles. The van der Waals surface area contributed by atoms with Gasteiger partial charge in [-0.25, -0.2) is 9.59 Å². The monoisotopic (exact) mass is 464 g/mol. The Kier molecular flexibility index (Phi) is 13.1. The van der Waals surface area contributed by atoms with Crippen molar-refractivity contribution < 1.29 is 23.9 Å². The Morgan fingerprint density at radius 1 is 0.848 bits per heavy atom. The van der Waals surface area contributed by atoms with Crippen LogP contribution in [-0.4, -0.2) is 86.7 Å². The van der Waals surface area contributed by atoms with Gasteiger partial charge in [-0.2, -0.15) is 0 Å². The minimum Gasteiger partial charge on any atom is -0.454 e. The number of likely N-dealkylation sites (N-methyl/N-ethyl adjacent to an activating group) is 2. The van der Waals surface area contributed by atoms with Gasteiger partial charge in [0.1, 0.15) is 12.2 Å². The van der Waals surface area contributed by atoms with Crippen LogP contribution in [0.15, 0.2) is 30.3 Å². The van der Waals surface area contributed by atoms with Crippen molar-refractivity contribution in [3.8, 4) is 0 Å². The summed E-state index contributed by atoms with van der Waals surface area (Å²) in [5.41, 5.74) is 0.351. The first kappa shape index (κ1) is 28.4. The van der Waals surface area contributed by atoms with E-state index in [1.165, 1.54) is 0 Å². The molecule has 2 N–H and O–H groups in total. The maximum absolute atomic E-state index is 11.8. The molecule has 0 radical (unpaired) electrons. The fourth-order valence-electron chi connectivity index (χ4n) is 2.83. The quantitative estimate of drug-likeness (QED) is 0.262. The number of carbonyl (C=O) groups is 3. The predicted octanol–water partition coefficient (Wildman–Crippen LogP) is 2.01. The molecule has 0 heterocycles. The minimum atomic E-state index is -0.866. The van der Waals surface area contributed by atoms with Crippen molar-refractivity contribution in [2.24, 2.45) is 0 Å². The number of hydrogen-bond acceptors (Lipinski definition) is 7. The molecule has 0 unspecified atom stereocenters. The minimum absolute atomic E-state index is 0.0837. The Morgan fingerprint density at radius 2 is 1.39 bits per heavy atom. The van der Waals surface area contributed by atoms with Gasteiger partial charge in [-0.05, 0) is 66.4 Å². The maximum Gasteiger partial charge on any atom is 0.407 e. The van der Waals surface area contributed by atoms with Crippen LogP contribution in [0.3, 0.4) is 0 Å². The van der Waals surface area contributed by atoms with Crippen molar-refractivity contribution in [1.29, 1.82) is 0 Å². The lowest BCUT2D eigenvalue weighted by molar-refractivity contribution is -0.155. The maximum atomic E-state index is 11.8. The van der Waals surface area contributed by atoms with Gasteiger partial charge >= 0.3 is 18.0 Å². The standard InChI is InChI=1S/C24H40N4O5/c1-24(2,3)33-23(31)26-14-10-16-28(5)18-17-27(4)15-9-13-25-21(29)22(30)32-19-20-11-7-6-8-12-20/h6-8,11-12H,9-10,13-19H2,1-5H3,(H,25,29)(H,26,31). The van der Waals surface area contributed by atoms with Crippen LogP contribution >= 0.6 is 0 Å². The van der Waals surface area contributed by atoms with Crippen LogP contribution < -0.4 is 10.6 Å². The Hall–Kier alpha value is -2.65. The van der Waals surface area contributed by atoms with Gasteiger partial charge in [0, 0.05) is 26.2 Å². The van der Waals surface area contributed by atoms with E-state index < -0.39 is 17.5 Å². The van der Waals surface area contributed by atoms with Crippen LogP contribution in [0.4, 0.5) is 4.79 Å². The van der Waals surface area contributed by atoms with Crippen molar-refractivity contribution in [3.63, 3.8) is 0 Å². The first-order valence-corrected chi connectivity index (χ1v) is 11.4. The number of amides is 2. The molecule has 1 aromatic rings. The van der Waals surface area contributed by atoms with Gasteiger partial charge in [0.2, 0.25) is 0 Å². The molecule has 0 aliphatic rings. The summed E-state index contributed by atoms with van der Waals surface area (Å²) in [7, 11) is 4.07. The van der Waals surface area contributed by atoms with E-state index in [2.05, 4.69) is 20.4 Å². The molecule has 0 bridgehead atoms. The summed E-state index contributed by atoms with van der Waals surface area (Å²) in [5.74, 6) is -1.58. The van der Waals surface area contributed by atoms with E-state index in [9.17, 15) is 14.4 Å². The molecular formula is C24H40N4O5. The molecule has 0 aromatic heterocycles. The van der Waals surface area contributed by atoms with Gasteiger partial charge in [0.05, 0.1) is 0 Å². The highest BCUT2D eigenvalue weighted by Gasteiger charge is 2.16. The molecule has 0 saturated carbocycles. The third-order valence-corrected chi connectivity index (χ3v) is 4.65. The zero-order valence-electron chi connectivity index (χ0n) is 20.7. The first-order chi connectivity index (χ1) is 15.6. The Morgan fingerprint density at radius 3 is 1.94 bits per heavy atom. The number of nitrogens with one attached hydrogen (secondary N) is 2. The highest BCUT2D eigenvalue weighted by molar-refractivity contribution is 6.32. The number of rotatable bonds is 13. The second kappa shape index (κ2) is 15.2. The van der Waals surface area contributed by atoms with Crippen molar-refractivity contribution >= 4 is 18.0 Å². The number of esters is 1. The number of hydrogen-bond donors (Lipinski definition) is 2. The summed E-state index contributed by atoms with van der Waals surface area (Å²) >= 11 is 0. The lowest BCUT2D eigenvalue weighted by Crippen LogP contribution is -2.36. The Balaban J connectivity index is 2.05. The van der Waals surface area contributed by atoms with Crippen LogP contribution in [-0.2, 0) is 25.7 Å². The SMILES string of the molecule is CN(CCCNC(=O)OC(C)(C)C)CCN(C)CCCNC(=O)C(=O)OCc1ccccc1. The third kappa shape index (κ3) is 14.9. The van der Waals surface area contributed by atoms with E-state index in [-0.39, 0.29) is 12.7 Å². The fourth-order valence-corrected chi connectivity index (χ4v) is 2.83. The highest BCUT2D eigenvalue weighted by Crippen LogP contribution is 2.06. The van der Waals surface area contributed by atoms with Crippen LogP contribution in [0.1, 0.15) is 39.2 Å². The fraction of sp³-hybridized carbons (Fsp3) is 0.625. The predicted molar refractivity (Wildman–Crippen MR) is 128 cm³/mol. The topological polar surface area (TPSA) is 100 Å². The van der Waals surface area contributed by atoms with Crippen LogP contribution in [0.2, 0.25) is 0 Å². The molecular weight excluding hydrogens is 424 g/mol. The molecule has 9 nitrogen and oxygen atoms in total. The molecule has 0 saturated heterocycles. The van der Waals surface area contributed by atoms with Gasteiger partial charge in [-0.1, -0.05) is 30.3 Å². The summed E-state index contributed by atoms with van der Waals surface area (Å²) in [6, 6.07) is 9.24.